The molecule has 0 spiro atoms. The summed E-state index contributed by atoms with van der Waals surface area (Å²) >= 11 is 0. The molecule has 33 heavy (non-hydrogen) atoms. The van der Waals surface area contributed by atoms with Gasteiger partial charge in [-0.1, -0.05) is 61.9 Å². The van der Waals surface area contributed by atoms with E-state index in [0.29, 0.717) is 6.42 Å². The Kier molecular flexibility index (Phi) is 7.71. The lowest BCUT2D eigenvalue weighted by molar-refractivity contribution is -0.156. The van der Waals surface area contributed by atoms with Crippen molar-refractivity contribution in [2.45, 2.75) is 50.7 Å². The van der Waals surface area contributed by atoms with Gasteiger partial charge in [-0.3, -0.25) is 4.79 Å². The Balaban J connectivity index is 1.56. The molecular weight excluding hydrogens is 424 g/mol. The van der Waals surface area contributed by atoms with Crippen molar-refractivity contribution in [1.82, 2.24) is 10.6 Å². The summed E-state index contributed by atoms with van der Waals surface area (Å²) in [6.07, 6.45) is 0.621. The predicted octanol–water partition coefficient (Wildman–Crippen LogP) is 3.04. The highest BCUT2D eigenvalue weighted by Gasteiger charge is 2.31. The van der Waals surface area contributed by atoms with Crippen molar-refractivity contribution in [1.29, 1.82) is 0 Å². The summed E-state index contributed by atoms with van der Waals surface area (Å²) in [4.78, 5) is 35.7. The average Bonchev–Trinajstić information content (AvgIpc) is 3.10. The van der Waals surface area contributed by atoms with Crippen LogP contribution >= 0.6 is 0 Å². The van der Waals surface area contributed by atoms with E-state index >= 15 is 0 Å². The number of hydrogen-bond acceptors (Lipinski definition) is 5. The Morgan fingerprint density at radius 3 is 2.18 bits per heavy atom. The second-order valence-electron chi connectivity index (χ2n) is 8.52. The molecule has 2 aromatic rings. The number of aliphatic hydroxyl groups is 1. The van der Waals surface area contributed by atoms with Gasteiger partial charge in [0, 0.05) is 18.4 Å². The predicted molar refractivity (Wildman–Crippen MR) is 123 cm³/mol. The lowest BCUT2D eigenvalue weighted by Gasteiger charge is -2.21. The number of fused-ring (bicyclic) bond motifs is 3. The summed E-state index contributed by atoms with van der Waals surface area (Å²) in [5.74, 6) is -1.95. The molecule has 0 bridgehead atoms. The molecule has 0 heterocycles. The van der Waals surface area contributed by atoms with Crippen LogP contribution in [0.3, 0.4) is 0 Å². The molecular formula is C25H30N2O6. The van der Waals surface area contributed by atoms with Gasteiger partial charge < -0.3 is 25.6 Å². The molecule has 1 aliphatic rings. The van der Waals surface area contributed by atoms with Gasteiger partial charge in [0.25, 0.3) is 0 Å². The number of rotatable bonds is 10. The van der Waals surface area contributed by atoms with Crippen LogP contribution in [-0.4, -0.2) is 53.0 Å². The van der Waals surface area contributed by atoms with Crippen molar-refractivity contribution in [2.24, 2.45) is 0 Å². The number of carboxylic acids is 1. The molecule has 0 fully saturated rings. The smallest absolute Gasteiger partial charge is 0.407 e. The molecule has 1 aliphatic carbocycles. The van der Waals surface area contributed by atoms with Gasteiger partial charge in [-0.2, -0.15) is 0 Å². The van der Waals surface area contributed by atoms with Crippen LogP contribution in [0, 0.1) is 0 Å². The monoisotopic (exact) mass is 454 g/mol. The van der Waals surface area contributed by atoms with Crippen LogP contribution in [0.15, 0.2) is 48.5 Å². The van der Waals surface area contributed by atoms with Crippen molar-refractivity contribution in [3.8, 4) is 11.1 Å². The Bertz CT molecular complexity index is 974. The van der Waals surface area contributed by atoms with E-state index in [2.05, 4.69) is 22.8 Å². The molecule has 8 nitrogen and oxygen atoms in total. The van der Waals surface area contributed by atoms with E-state index in [1.54, 1.807) is 0 Å². The van der Waals surface area contributed by atoms with Crippen molar-refractivity contribution >= 4 is 18.0 Å². The first-order chi connectivity index (χ1) is 15.7. The number of carbonyl (C=O) groups is 3. The van der Waals surface area contributed by atoms with E-state index in [1.807, 2.05) is 43.3 Å². The fraction of sp³-hybridized carbons (Fsp3) is 0.400. The van der Waals surface area contributed by atoms with Gasteiger partial charge >= 0.3 is 12.1 Å². The van der Waals surface area contributed by atoms with Crippen LogP contribution < -0.4 is 10.6 Å². The third-order valence-electron chi connectivity index (χ3n) is 5.83. The largest absolute Gasteiger partial charge is 0.479 e. The van der Waals surface area contributed by atoms with Crippen molar-refractivity contribution in [3.05, 3.63) is 59.7 Å². The Morgan fingerprint density at radius 1 is 1.06 bits per heavy atom. The summed E-state index contributed by atoms with van der Waals surface area (Å²) in [7, 11) is 0. The molecule has 4 N–H and O–H groups in total. The fourth-order valence-corrected chi connectivity index (χ4v) is 4.02. The number of amides is 2. The zero-order valence-electron chi connectivity index (χ0n) is 18.8. The number of hydrogen-bond donors (Lipinski definition) is 4. The van der Waals surface area contributed by atoms with Gasteiger partial charge in [-0.15, -0.1) is 0 Å². The fourth-order valence-electron chi connectivity index (χ4n) is 4.02. The first-order valence-electron chi connectivity index (χ1n) is 11.1. The lowest BCUT2D eigenvalue weighted by atomic mass is 9.98. The molecule has 0 aliphatic heterocycles. The summed E-state index contributed by atoms with van der Waals surface area (Å²) in [5.41, 5.74) is 2.44. The summed E-state index contributed by atoms with van der Waals surface area (Å²) in [5, 5.41) is 23.8. The lowest BCUT2D eigenvalue weighted by Crippen LogP contribution is -2.48. The number of benzene rings is 2. The van der Waals surface area contributed by atoms with Gasteiger partial charge in [0.15, 0.2) is 5.60 Å². The minimum absolute atomic E-state index is 0.0479. The van der Waals surface area contributed by atoms with E-state index in [1.165, 1.54) is 0 Å². The molecule has 2 amide bonds. The topological polar surface area (TPSA) is 125 Å². The van der Waals surface area contributed by atoms with Crippen LogP contribution in [0.25, 0.3) is 11.1 Å². The number of carboxylic acid groups (broad SMARTS) is 1. The standard InChI is InChI=1S/C25H30N2O6/c1-3-8-16(13-22(28)26-15-25(2,32)23(29)30)27-24(31)33-14-21-19-11-6-4-9-17(19)18-10-5-7-12-20(18)21/h4-7,9-12,16,21,32H,3,8,13-15H2,1-2H3,(H,26,28)(H,27,31)(H,29,30)/t16-,25?/m1/s1. The van der Waals surface area contributed by atoms with Crippen molar-refractivity contribution < 1.29 is 29.3 Å². The SMILES string of the molecule is CCC[C@H](CC(=O)NCC(C)(O)C(=O)O)NC(=O)OCC1c2ccccc2-c2ccccc21. The first kappa shape index (κ1) is 24.3. The van der Waals surface area contributed by atoms with E-state index in [0.717, 1.165) is 35.6 Å². The number of alkyl carbamates (subject to hydrolysis) is 1. The molecule has 8 heteroatoms. The Labute approximate surface area is 193 Å². The highest BCUT2D eigenvalue weighted by molar-refractivity contribution is 5.81. The quantitative estimate of drug-likeness (QED) is 0.437. The third-order valence-corrected chi connectivity index (χ3v) is 5.83. The minimum atomic E-state index is -2.06. The van der Waals surface area contributed by atoms with E-state index in [9.17, 15) is 19.5 Å². The van der Waals surface area contributed by atoms with Crippen LogP contribution in [0.5, 0.6) is 0 Å². The normalized spacial score (nSPS) is 15.0. The molecule has 1 unspecified atom stereocenters. The maximum Gasteiger partial charge on any atom is 0.407 e. The van der Waals surface area contributed by atoms with Gasteiger partial charge in [0.05, 0.1) is 6.54 Å². The number of carbonyl (C=O) groups excluding carboxylic acids is 2. The third kappa shape index (κ3) is 5.90. The molecule has 0 aromatic heterocycles. The van der Waals surface area contributed by atoms with Crippen LogP contribution in [0.4, 0.5) is 4.79 Å². The number of aliphatic carboxylic acids is 1. The highest BCUT2D eigenvalue weighted by Crippen LogP contribution is 2.44. The zero-order valence-corrected chi connectivity index (χ0v) is 18.8. The molecule has 0 saturated heterocycles. The van der Waals surface area contributed by atoms with E-state index in [-0.39, 0.29) is 18.9 Å². The summed E-state index contributed by atoms with van der Waals surface area (Å²) < 4.78 is 5.54. The molecule has 2 atom stereocenters. The molecule has 176 valence electrons. The number of ether oxygens (including phenoxy) is 1. The molecule has 2 aromatic carbocycles. The summed E-state index contributed by atoms with van der Waals surface area (Å²) in [6, 6.07) is 15.6. The molecule has 0 radical (unpaired) electrons. The minimum Gasteiger partial charge on any atom is -0.479 e. The van der Waals surface area contributed by atoms with Crippen LogP contribution in [-0.2, 0) is 14.3 Å². The highest BCUT2D eigenvalue weighted by atomic mass is 16.5. The molecule has 0 saturated carbocycles. The maximum absolute atomic E-state index is 12.5. The van der Waals surface area contributed by atoms with Gasteiger partial charge in [0.2, 0.25) is 5.91 Å². The number of nitrogens with one attached hydrogen (secondary N) is 2. The summed E-state index contributed by atoms with van der Waals surface area (Å²) in [6.45, 7) is 2.78. The zero-order chi connectivity index (χ0) is 24.0. The second-order valence-corrected chi connectivity index (χ2v) is 8.52. The second kappa shape index (κ2) is 10.5. The van der Waals surface area contributed by atoms with Crippen molar-refractivity contribution in [2.75, 3.05) is 13.2 Å². The van der Waals surface area contributed by atoms with E-state index in [4.69, 9.17) is 9.84 Å². The maximum atomic E-state index is 12.5. The average molecular weight is 455 g/mol. The van der Waals surface area contributed by atoms with Gasteiger partial charge in [0.1, 0.15) is 6.61 Å². The van der Waals surface area contributed by atoms with Gasteiger partial charge in [-0.25, -0.2) is 9.59 Å². The first-order valence-corrected chi connectivity index (χ1v) is 11.1. The van der Waals surface area contributed by atoms with E-state index < -0.39 is 36.2 Å². The Morgan fingerprint density at radius 2 is 1.64 bits per heavy atom. The van der Waals surface area contributed by atoms with Crippen LogP contribution in [0.2, 0.25) is 0 Å². The Hall–Kier alpha value is -3.39. The van der Waals surface area contributed by atoms with Gasteiger partial charge in [-0.05, 0) is 35.6 Å². The van der Waals surface area contributed by atoms with Crippen LogP contribution in [0.1, 0.15) is 50.2 Å². The van der Waals surface area contributed by atoms with Crippen molar-refractivity contribution in [3.63, 3.8) is 0 Å². The molecule has 3 rings (SSSR count).